The summed E-state index contributed by atoms with van der Waals surface area (Å²) in [7, 11) is 0. The first-order chi connectivity index (χ1) is 13.2. The summed E-state index contributed by atoms with van der Waals surface area (Å²) in [6.07, 6.45) is 11.8. The first-order valence-electron chi connectivity index (χ1n) is 8.37. The van der Waals surface area contributed by atoms with E-state index in [-0.39, 0.29) is 6.61 Å². The summed E-state index contributed by atoms with van der Waals surface area (Å²) >= 11 is 1.30. The van der Waals surface area contributed by atoms with Gasteiger partial charge >= 0.3 is 22.5 Å². The van der Waals surface area contributed by atoms with Crippen molar-refractivity contribution in [1.82, 2.24) is 9.97 Å². The molecule has 0 aromatic carbocycles. The van der Waals surface area contributed by atoms with Crippen molar-refractivity contribution in [2.75, 3.05) is 0 Å². The monoisotopic (exact) mass is 455 g/mol. The molecule has 0 amide bonds. The van der Waals surface area contributed by atoms with E-state index in [0.717, 1.165) is 36.8 Å². The molecule has 0 aliphatic heterocycles. The van der Waals surface area contributed by atoms with Gasteiger partial charge in [-0.15, -0.1) is 0 Å². The van der Waals surface area contributed by atoms with Crippen LogP contribution in [0.25, 0.3) is 0 Å². The van der Waals surface area contributed by atoms with Gasteiger partial charge in [-0.2, -0.15) is 0 Å². The summed E-state index contributed by atoms with van der Waals surface area (Å²) < 4.78 is 27.8. The average Bonchev–Trinajstić information content (AvgIpc) is 3.25. The molecule has 2 aromatic heterocycles. The Hall–Kier alpha value is -1.39. The fourth-order valence-electron chi connectivity index (χ4n) is 2.06. The Morgan fingerprint density at radius 3 is 1.93 bits per heavy atom. The fourth-order valence-corrected chi connectivity index (χ4v) is 3.39. The fraction of sp³-hybridized carbons (Fsp3) is 0.562. The number of thiazole rings is 2. The molecule has 0 radical (unpaired) electrons. The van der Waals surface area contributed by atoms with Crippen molar-refractivity contribution in [1.29, 1.82) is 0 Å². The van der Waals surface area contributed by atoms with Crippen molar-refractivity contribution in [3.8, 4) is 10.4 Å². The standard InChI is InChI=1S/C8H11NO2S.C8H9NO2S.Mn.2O/c2*10-5-7-4-9-8(12-7)11-6-2-1-3-6;;;/h4,6,10H,1-3,5H2;4-6H,1-3H2;;;. The summed E-state index contributed by atoms with van der Waals surface area (Å²) in [5, 5.41) is 10.1. The number of hydrogen-bond acceptors (Lipinski definition) is 10. The second-order valence-electron chi connectivity index (χ2n) is 5.80. The van der Waals surface area contributed by atoms with E-state index in [0.29, 0.717) is 27.5 Å². The molecule has 0 unspecified atom stereocenters. The summed E-state index contributed by atoms with van der Waals surface area (Å²) in [6, 6.07) is 0. The Morgan fingerprint density at radius 1 is 1.04 bits per heavy atom. The number of carbonyl (C=O) groups is 1. The van der Waals surface area contributed by atoms with Gasteiger partial charge in [-0.1, -0.05) is 22.7 Å². The molecule has 0 saturated heterocycles. The van der Waals surface area contributed by atoms with Crippen molar-refractivity contribution in [3.63, 3.8) is 0 Å². The number of aliphatic hydroxyl groups excluding tert-OH is 1. The van der Waals surface area contributed by atoms with Gasteiger partial charge in [0, 0.05) is 6.20 Å². The van der Waals surface area contributed by atoms with Crippen LogP contribution in [0.15, 0.2) is 12.4 Å². The molecule has 1 N–H and O–H groups in total. The molecule has 11 heteroatoms. The molecule has 27 heavy (non-hydrogen) atoms. The van der Waals surface area contributed by atoms with Crippen LogP contribution < -0.4 is 9.47 Å². The first-order valence-corrected chi connectivity index (χ1v) is 11.0. The van der Waals surface area contributed by atoms with Crippen molar-refractivity contribution < 1.29 is 41.9 Å². The van der Waals surface area contributed by atoms with Gasteiger partial charge in [-0.05, 0) is 38.5 Å². The number of aliphatic hydroxyl groups is 1. The van der Waals surface area contributed by atoms with Gasteiger partial charge in [0.15, 0.2) is 6.29 Å². The molecule has 2 aliphatic rings. The van der Waals surface area contributed by atoms with E-state index in [9.17, 15) is 4.79 Å². The number of hydrogen-bond donors (Lipinski definition) is 1. The average molecular weight is 455 g/mol. The number of carbonyl (C=O) groups excluding carboxylic acids is 1. The Labute approximate surface area is 170 Å². The van der Waals surface area contributed by atoms with Gasteiger partial charge in [0.25, 0.3) is 10.4 Å². The van der Waals surface area contributed by atoms with Crippen LogP contribution >= 0.6 is 22.7 Å². The normalized spacial score (nSPS) is 15.7. The molecule has 0 atom stereocenters. The molecule has 149 valence electrons. The van der Waals surface area contributed by atoms with Crippen LogP contribution in [0.1, 0.15) is 53.1 Å². The van der Waals surface area contributed by atoms with E-state index in [1.165, 1.54) is 35.5 Å². The first kappa shape index (κ1) is 21.9. The van der Waals surface area contributed by atoms with E-state index in [1.54, 1.807) is 12.4 Å². The van der Waals surface area contributed by atoms with Crippen LogP contribution in [0.5, 0.6) is 10.4 Å². The van der Waals surface area contributed by atoms with Gasteiger partial charge in [0.2, 0.25) is 0 Å². The quantitative estimate of drug-likeness (QED) is 0.522. The van der Waals surface area contributed by atoms with E-state index in [2.05, 4.69) is 9.97 Å². The third kappa shape index (κ3) is 7.63. The molecule has 2 fully saturated rings. The molecule has 8 nitrogen and oxygen atoms in total. The number of aromatic nitrogens is 2. The van der Waals surface area contributed by atoms with Crippen molar-refractivity contribution in [2.24, 2.45) is 0 Å². The molecule has 2 saturated carbocycles. The van der Waals surface area contributed by atoms with Gasteiger partial charge in [-0.3, -0.25) is 4.79 Å². The third-order valence-electron chi connectivity index (χ3n) is 3.95. The van der Waals surface area contributed by atoms with Crippen LogP contribution in [-0.4, -0.2) is 33.6 Å². The predicted octanol–water partition coefficient (Wildman–Crippen LogP) is 3.21. The SMILES string of the molecule is O=Cc1cnc(OC2CCC2)s1.OCc1cnc(OC2CCC2)s1.[O]=[Mn]=[O]. The van der Waals surface area contributed by atoms with Crippen LogP contribution in [0.2, 0.25) is 0 Å². The second kappa shape index (κ2) is 12.1. The number of rotatable bonds is 6. The molecule has 0 spiro atoms. The van der Waals surface area contributed by atoms with Crippen LogP contribution in [0.4, 0.5) is 0 Å². The van der Waals surface area contributed by atoms with E-state index in [4.69, 9.17) is 22.2 Å². The van der Waals surface area contributed by atoms with E-state index < -0.39 is 14.8 Å². The summed E-state index contributed by atoms with van der Waals surface area (Å²) in [5.74, 6) is 0. The van der Waals surface area contributed by atoms with Crippen molar-refractivity contribution in [2.45, 2.75) is 57.3 Å². The Morgan fingerprint density at radius 2 is 1.56 bits per heavy atom. The maximum atomic E-state index is 10.3. The van der Waals surface area contributed by atoms with Crippen molar-refractivity contribution in [3.05, 3.63) is 22.1 Å². The second-order valence-corrected chi connectivity index (χ2v) is 8.10. The van der Waals surface area contributed by atoms with Gasteiger partial charge in [-0.25, -0.2) is 9.97 Å². The Balaban J connectivity index is 0.000000170. The number of ether oxygens (including phenoxy) is 2. The summed E-state index contributed by atoms with van der Waals surface area (Å²) in [5.41, 5.74) is 0. The molecule has 2 aromatic rings. The Kier molecular flexibility index (Phi) is 9.85. The zero-order chi connectivity index (χ0) is 19.5. The summed E-state index contributed by atoms with van der Waals surface area (Å²) in [4.78, 5) is 19.8. The molecule has 2 heterocycles. The van der Waals surface area contributed by atoms with Gasteiger partial charge in [0.1, 0.15) is 12.2 Å². The molecular weight excluding hydrogens is 435 g/mol. The minimum atomic E-state index is -1.44. The molecular formula is C16H20MnN2O6S2. The zero-order valence-corrected chi connectivity index (χ0v) is 17.2. The van der Waals surface area contributed by atoms with E-state index in [1.807, 2.05) is 0 Å². The summed E-state index contributed by atoms with van der Waals surface area (Å²) in [6.45, 7) is 0.0612. The van der Waals surface area contributed by atoms with Crippen molar-refractivity contribution >= 4 is 29.0 Å². The number of nitrogens with zero attached hydrogens (tertiary/aromatic N) is 2. The Bertz CT molecular complexity index is 739. The van der Waals surface area contributed by atoms with Gasteiger partial charge in [0.05, 0.1) is 22.6 Å². The molecule has 4 rings (SSSR count). The molecule has 0 bridgehead atoms. The topological polar surface area (TPSA) is 116 Å². The molecule has 2 aliphatic carbocycles. The van der Waals surface area contributed by atoms with E-state index >= 15 is 0 Å². The maximum absolute atomic E-state index is 10.3. The van der Waals surface area contributed by atoms with Gasteiger partial charge < -0.3 is 14.6 Å². The zero-order valence-electron chi connectivity index (χ0n) is 14.4. The van der Waals surface area contributed by atoms with Crippen LogP contribution in [-0.2, 0) is 29.1 Å². The van der Waals surface area contributed by atoms with Crippen LogP contribution in [0, 0.1) is 0 Å². The minimum absolute atomic E-state index is 0.0612. The third-order valence-corrected chi connectivity index (χ3v) is 5.63. The predicted molar refractivity (Wildman–Crippen MR) is 93.4 cm³/mol. The number of aldehydes is 1. The van der Waals surface area contributed by atoms with Crippen LogP contribution in [0.3, 0.4) is 0 Å².